The fraction of sp³-hybridized carbons (Fsp3) is 0.714. The number of hydrogen-bond donors (Lipinski definition) is 1. The van der Waals surface area contributed by atoms with Crippen LogP contribution in [0.1, 0.15) is 57.4 Å². The normalized spacial score (nSPS) is 22.6. The summed E-state index contributed by atoms with van der Waals surface area (Å²) in [6.45, 7) is 3.78. The van der Waals surface area contributed by atoms with Crippen LogP contribution in [0.3, 0.4) is 0 Å². The third kappa shape index (κ3) is 4.49. The van der Waals surface area contributed by atoms with Crippen molar-refractivity contribution in [3.63, 3.8) is 0 Å². The van der Waals surface area contributed by atoms with E-state index in [1.165, 1.54) is 10.7 Å². The third-order valence-electron chi connectivity index (χ3n) is 7.12. The molecule has 1 saturated heterocycles. The molecule has 164 valence electrons. The van der Waals surface area contributed by atoms with Crippen LogP contribution < -0.4 is 5.32 Å². The van der Waals surface area contributed by atoms with Gasteiger partial charge in [0.1, 0.15) is 0 Å². The van der Waals surface area contributed by atoms with Crippen LogP contribution in [-0.2, 0) is 16.2 Å². The molecule has 1 aliphatic heterocycles. The number of piperidine rings is 1. The van der Waals surface area contributed by atoms with E-state index in [-0.39, 0.29) is 16.7 Å². The van der Waals surface area contributed by atoms with E-state index in [2.05, 4.69) is 12.2 Å². The second-order valence-electron chi connectivity index (χ2n) is 8.58. The first-order valence-corrected chi connectivity index (χ1v) is 11.9. The van der Waals surface area contributed by atoms with Crippen molar-refractivity contribution < 1.29 is 21.6 Å². The molecular formula is C21H31F3N2O2S. The van der Waals surface area contributed by atoms with Gasteiger partial charge in [0.2, 0.25) is 10.0 Å². The molecule has 1 heterocycles. The van der Waals surface area contributed by atoms with Gasteiger partial charge in [-0.15, -0.1) is 0 Å². The number of halogens is 3. The molecule has 0 radical (unpaired) electrons. The molecule has 0 aromatic heterocycles. The molecule has 1 atom stereocenters. The van der Waals surface area contributed by atoms with Crippen LogP contribution in [0.4, 0.5) is 13.2 Å². The van der Waals surface area contributed by atoms with Gasteiger partial charge < -0.3 is 5.32 Å². The SMILES string of the molecule is CN(C(C)(C1CCCCC1)C1CCNCC1)S(=O)(=O)c1ccc(C(F)(F)F)cc1. The Morgan fingerprint density at radius 3 is 1.97 bits per heavy atom. The van der Waals surface area contributed by atoms with Crippen molar-refractivity contribution in [3.05, 3.63) is 29.8 Å². The molecule has 3 rings (SSSR count). The molecule has 1 aromatic carbocycles. The van der Waals surface area contributed by atoms with E-state index < -0.39 is 27.3 Å². The number of alkyl halides is 3. The summed E-state index contributed by atoms with van der Waals surface area (Å²) in [4.78, 5) is -0.0797. The van der Waals surface area contributed by atoms with Gasteiger partial charge in [-0.1, -0.05) is 19.3 Å². The van der Waals surface area contributed by atoms with Crippen molar-refractivity contribution in [2.24, 2.45) is 11.8 Å². The Morgan fingerprint density at radius 2 is 1.45 bits per heavy atom. The Morgan fingerprint density at radius 1 is 0.931 bits per heavy atom. The van der Waals surface area contributed by atoms with Crippen molar-refractivity contribution in [2.75, 3.05) is 20.1 Å². The average Bonchev–Trinajstić information content (AvgIpc) is 2.73. The zero-order chi connectivity index (χ0) is 21.3. The summed E-state index contributed by atoms with van der Waals surface area (Å²) in [7, 11) is -2.30. The molecule has 4 nitrogen and oxygen atoms in total. The smallest absolute Gasteiger partial charge is 0.317 e. The van der Waals surface area contributed by atoms with Crippen LogP contribution in [-0.4, -0.2) is 38.4 Å². The Hall–Kier alpha value is -1.12. The molecule has 2 fully saturated rings. The molecule has 1 N–H and O–H groups in total. The Balaban J connectivity index is 1.96. The first-order chi connectivity index (χ1) is 13.6. The second kappa shape index (κ2) is 8.55. The van der Waals surface area contributed by atoms with E-state index in [9.17, 15) is 21.6 Å². The Bertz CT molecular complexity index is 763. The van der Waals surface area contributed by atoms with Gasteiger partial charge >= 0.3 is 6.18 Å². The fourth-order valence-electron chi connectivity index (χ4n) is 5.17. The van der Waals surface area contributed by atoms with Gasteiger partial charge in [0.15, 0.2) is 0 Å². The van der Waals surface area contributed by atoms with Crippen molar-refractivity contribution in [3.8, 4) is 0 Å². The zero-order valence-corrected chi connectivity index (χ0v) is 18.0. The maximum atomic E-state index is 13.5. The number of hydrogen-bond acceptors (Lipinski definition) is 3. The lowest BCUT2D eigenvalue weighted by Crippen LogP contribution is -2.59. The molecule has 1 aliphatic carbocycles. The van der Waals surface area contributed by atoms with Crippen LogP contribution in [0.5, 0.6) is 0 Å². The number of sulfonamides is 1. The predicted molar refractivity (Wildman–Crippen MR) is 107 cm³/mol. The highest BCUT2D eigenvalue weighted by Crippen LogP contribution is 2.45. The standard InChI is InChI=1S/C21H31F3N2O2S/c1-20(16-6-4-3-5-7-16,17-12-14-25-15-13-17)26(2)29(27,28)19-10-8-18(9-11-19)21(22,23)24/h8-11,16-17,25H,3-7,12-15H2,1-2H3. The molecule has 8 heteroatoms. The maximum Gasteiger partial charge on any atom is 0.416 e. The van der Waals surface area contributed by atoms with Crippen molar-refractivity contribution in [1.82, 2.24) is 9.62 Å². The minimum atomic E-state index is -4.49. The van der Waals surface area contributed by atoms with E-state index >= 15 is 0 Å². The van der Waals surface area contributed by atoms with Crippen LogP contribution in [0.2, 0.25) is 0 Å². The lowest BCUT2D eigenvalue weighted by atomic mass is 9.66. The van der Waals surface area contributed by atoms with Crippen molar-refractivity contribution in [1.29, 1.82) is 0 Å². The minimum absolute atomic E-state index is 0.0797. The summed E-state index contributed by atoms with van der Waals surface area (Å²) in [6, 6.07) is 3.86. The summed E-state index contributed by atoms with van der Waals surface area (Å²) in [5.74, 6) is 0.481. The number of nitrogens with one attached hydrogen (secondary N) is 1. The molecule has 1 aromatic rings. The summed E-state index contributed by atoms with van der Waals surface area (Å²) >= 11 is 0. The molecule has 29 heavy (non-hydrogen) atoms. The van der Waals surface area contributed by atoms with E-state index in [0.717, 1.165) is 75.9 Å². The molecular weight excluding hydrogens is 401 g/mol. The highest BCUT2D eigenvalue weighted by Gasteiger charge is 2.49. The summed E-state index contributed by atoms with van der Waals surface area (Å²) in [5, 5.41) is 3.34. The second-order valence-corrected chi connectivity index (χ2v) is 10.5. The third-order valence-corrected chi connectivity index (χ3v) is 9.10. The van der Waals surface area contributed by atoms with E-state index in [1.54, 1.807) is 7.05 Å². The van der Waals surface area contributed by atoms with E-state index in [0.29, 0.717) is 0 Å². The molecule has 1 saturated carbocycles. The Labute approximate surface area is 171 Å². The van der Waals surface area contributed by atoms with Gasteiger partial charge in [-0.25, -0.2) is 8.42 Å². The quantitative estimate of drug-likeness (QED) is 0.736. The predicted octanol–water partition coefficient (Wildman–Crippen LogP) is 4.66. The molecule has 1 unspecified atom stereocenters. The number of rotatable bonds is 5. The summed E-state index contributed by atoms with van der Waals surface area (Å²) in [5.41, 5.74) is -1.39. The number of nitrogens with zero attached hydrogens (tertiary/aromatic N) is 1. The van der Waals surface area contributed by atoms with Gasteiger partial charge in [0.05, 0.1) is 10.5 Å². The van der Waals surface area contributed by atoms with Crippen molar-refractivity contribution in [2.45, 2.75) is 68.5 Å². The van der Waals surface area contributed by atoms with E-state index in [1.807, 2.05) is 0 Å². The van der Waals surface area contributed by atoms with Gasteiger partial charge in [-0.3, -0.25) is 0 Å². The topological polar surface area (TPSA) is 49.4 Å². The molecule has 0 spiro atoms. The van der Waals surface area contributed by atoms with Gasteiger partial charge in [-0.2, -0.15) is 17.5 Å². The highest BCUT2D eigenvalue weighted by molar-refractivity contribution is 7.89. The average molecular weight is 433 g/mol. The van der Waals surface area contributed by atoms with Crippen LogP contribution >= 0.6 is 0 Å². The van der Waals surface area contributed by atoms with Gasteiger partial charge in [-0.05, 0) is 81.8 Å². The van der Waals surface area contributed by atoms with E-state index in [4.69, 9.17) is 0 Å². The maximum absolute atomic E-state index is 13.5. The van der Waals surface area contributed by atoms with Gasteiger partial charge in [0.25, 0.3) is 0 Å². The molecule has 0 amide bonds. The largest absolute Gasteiger partial charge is 0.416 e. The Kier molecular flexibility index (Phi) is 6.65. The lowest BCUT2D eigenvalue weighted by molar-refractivity contribution is -0.137. The fourth-order valence-corrected chi connectivity index (χ4v) is 6.79. The van der Waals surface area contributed by atoms with Crippen LogP contribution in [0, 0.1) is 11.8 Å². The van der Waals surface area contributed by atoms with Crippen molar-refractivity contribution >= 4 is 10.0 Å². The monoisotopic (exact) mass is 432 g/mol. The first kappa shape index (κ1) is 22.6. The lowest BCUT2D eigenvalue weighted by Gasteiger charge is -2.51. The first-order valence-electron chi connectivity index (χ1n) is 10.4. The number of benzene rings is 1. The van der Waals surface area contributed by atoms with Crippen LogP contribution in [0.15, 0.2) is 29.2 Å². The molecule has 2 aliphatic rings. The van der Waals surface area contributed by atoms with Crippen LogP contribution in [0.25, 0.3) is 0 Å². The summed E-state index contributed by atoms with van der Waals surface area (Å²) in [6.07, 6.45) is 2.67. The zero-order valence-electron chi connectivity index (χ0n) is 17.1. The minimum Gasteiger partial charge on any atom is -0.317 e. The van der Waals surface area contributed by atoms with Gasteiger partial charge in [0, 0.05) is 12.6 Å². The molecule has 0 bridgehead atoms. The highest BCUT2D eigenvalue weighted by atomic mass is 32.2. The summed E-state index contributed by atoms with van der Waals surface area (Å²) < 4.78 is 67.0.